The highest BCUT2D eigenvalue weighted by Gasteiger charge is 2.12. The number of benzene rings is 1. The Bertz CT molecular complexity index is 579. The van der Waals surface area contributed by atoms with Gasteiger partial charge in [-0.3, -0.25) is 9.89 Å². The van der Waals surface area contributed by atoms with Crippen LogP contribution in [0.5, 0.6) is 0 Å². The molecule has 0 aliphatic carbocycles. The standard InChI is InChI=1S/C21H35N5.HI/c1-17(2)26(18(3)4)15-12-23-21(22-5)24-16-19-8-10-20(11-9-19)25-13-6-7-14-25;/h6-11,17-18H,12-16H2,1-5H3,(H2,22,23,24);1H. The molecule has 0 bridgehead atoms. The van der Waals surface area contributed by atoms with Crippen molar-refractivity contribution < 1.29 is 0 Å². The van der Waals surface area contributed by atoms with Crippen molar-refractivity contribution in [3.8, 4) is 0 Å². The van der Waals surface area contributed by atoms with E-state index in [4.69, 9.17) is 0 Å². The van der Waals surface area contributed by atoms with Crippen molar-refractivity contribution in [3.63, 3.8) is 0 Å². The molecule has 0 spiro atoms. The Labute approximate surface area is 182 Å². The molecule has 152 valence electrons. The van der Waals surface area contributed by atoms with Crippen LogP contribution in [0.25, 0.3) is 0 Å². The van der Waals surface area contributed by atoms with E-state index in [0.717, 1.165) is 38.7 Å². The lowest BCUT2D eigenvalue weighted by atomic mass is 10.2. The maximum absolute atomic E-state index is 4.33. The molecule has 27 heavy (non-hydrogen) atoms. The van der Waals surface area contributed by atoms with Gasteiger partial charge in [0.05, 0.1) is 0 Å². The van der Waals surface area contributed by atoms with Crippen LogP contribution in [0.4, 0.5) is 5.69 Å². The Morgan fingerprint density at radius 2 is 1.63 bits per heavy atom. The minimum absolute atomic E-state index is 0. The van der Waals surface area contributed by atoms with Crippen LogP contribution in [0.15, 0.2) is 41.4 Å². The fourth-order valence-electron chi connectivity index (χ4n) is 3.34. The molecule has 0 unspecified atom stereocenters. The van der Waals surface area contributed by atoms with Gasteiger partial charge < -0.3 is 15.5 Å². The highest BCUT2D eigenvalue weighted by Crippen LogP contribution is 2.17. The average molecular weight is 485 g/mol. The van der Waals surface area contributed by atoms with Crippen molar-refractivity contribution in [1.29, 1.82) is 0 Å². The summed E-state index contributed by atoms with van der Waals surface area (Å²) in [7, 11) is 1.82. The van der Waals surface area contributed by atoms with Crippen molar-refractivity contribution in [2.45, 2.75) is 46.3 Å². The Morgan fingerprint density at radius 3 is 2.15 bits per heavy atom. The molecule has 0 saturated carbocycles. The number of nitrogens with zero attached hydrogens (tertiary/aromatic N) is 3. The number of anilines is 1. The van der Waals surface area contributed by atoms with Crippen LogP contribution in [0.2, 0.25) is 0 Å². The first-order chi connectivity index (χ1) is 12.5. The summed E-state index contributed by atoms with van der Waals surface area (Å²) in [4.78, 5) is 9.16. The van der Waals surface area contributed by atoms with Gasteiger partial charge in [-0.25, -0.2) is 0 Å². The lowest BCUT2D eigenvalue weighted by molar-refractivity contribution is 0.178. The number of rotatable bonds is 8. The van der Waals surface area contributed by atoms with E-state index in [2.05, 4.69) is 89.5 Å². The number of guanidine groups is 1. The van der Waals surface area contributed by atoms with E-state index in [9.17, 15) is 0 Å². The fraction of sp³-hybridized carbons (Fsp3) is 0.571. The number of nitrogens with one attached hydrogen (secondary N) is 2. The van der Waals surface area contributed by atoms with E-state index in [0.29, 0.717) is 12.1 Å². The molecule has 1 aromatic carbocycles. The van der Waals surface area contributed by atoms with Gasteiger partial charge >= 0.3 is 0 Å². The second-order valence-corrected chi connectivity index (χ2v) is 7.32. The van der Waals surface area contributed by atoms with Gasteiger partial charge in [-0.05, 0) is 45.4 Å². The maximum Gasteiger partial charge on any atom is 0.191 e. The first-order valence-corrected chi connectivity index (χ1v) is 9.70. The summed E-state index contributed by atoms with van der Waals surface area (Å²) >= 11 is 0. The van der Waals surface area contributed by atoms with Crippen LogP contribution in [0, 0.1) is 0 Å². The third-order valence-electron chi connectivity index (χ3n) is 4.79. The molecule has 1 heterocycles. The lowest BCUT2D eigenvalue weighted by Crippen LogP contribution is -2.45. The van der Waals surface area contributed by atoms with Gasteiger partial charge in [-0.15, -0.1) is 24.0 Å². The summed E-state index contributed by atoms with van der Waals surface area (Å²) in [5.41, 5.74) is 2.54. The predicted molar refractivity (Wildman–Crippen MR) is 128 cm³/mol. The van der Waals surface area contributed by atoms with Crippen LogP contribution in [0.1, 0.15) is 33.3 Å². The molecule has 6 heteroatoms. The number of aliphatic imine (C=N–C) groups is 1. The van der Waals surface area contributed by atoms with Gasteiger partial charge in [0.2, 0.25) is 0 Å². The molecule has 1 aliphatic rings. The van der Waals surface area contributed by atoms with Crippen LogP contribution >= 0.6 is 24.0 Å². The van der Waals surface area contributed by atoms with Crippen molar-refractivity contribution in [2.75, 3.05) is 38.1 Å². The van der Waals surface area contributed by atoms with Crippen LogP contribution in [0.3, 0.4) is 0 Å². The van der Waals surface area contributed by atoms with Gasteiger partial charge in [0.1, 0.15) is 0 Å². The normalized spacial score (nSPS) is 14.2. The molecule has 0 amide bonds. The monoisotopic (exact) mass is 485 g/mol. The van der Waals surface area contributed by atoms with Gasteiger partial charge in [-0.2, -0.15) is 0 Å². The minimum Gasteiger partial charge on any atom is -0.364 e. The summed E-state index contributed by atoms with van der Waals surface area (Å²) < 4.78 is 0. The topological polar surface area (TPSA) is 42.9 Å². The van der Waals surface area contributed by atoms with E-state index in [-0.39, 0.29) is 24.0 Å². The molecule has 2 rings (SSSR count). The molecule has 0 atom stereocenters. The SMILES string of the molecule is CN=C(NCCN(C(C)C)C(C)C)NCc1ccc(N2CC=CC2)cc1.I. The number of hydrogen-bond donors (Lipinski definition) is 2. The third kappa shape index (κ3) is 7.70. The van der Waals surface area contributed by atoms with Crippen LogP contribution in [-0.2, 0) is 6.54 Å². The first kappa shape index (κ1) is 23.8. The number of hydrogen-bond acceptors (Lipinski definition) is 3. The van der Waals surface area contributed by atoms with E-state index in [1.807, 2.05) is 7.05 Å². The van der Waals surface area contributed by atoms with Crippen LogP contribution in [-0.4, -0.2) is 56.2 Å². The Hall–Kier alpha value is -1.28. The zero-order valence-electron chi connectivity index (χ0n) is 17.4. The van der Waals surface area contributed by atoms with Crippen molar-refractivity contribution in [2.24, 2.45) is 4.99 Å². The molecule has 0 saturated heterocycles. The lowest BCUT2D eigenvalue weighted by Gasteiger charge is -2.30. The summed E-state index contributed by atoms with van der Waals surface area (Å²) in [6, 6.07) is 9.87. The zero-order chi connectivity index (χ0) is 18.9. The highest BCUT2D eigenvalue weighted by molar-refractivity contribution is 14.0. The predicted octanol–water partition coefficient (Wildman–Crippen LogP) is 3.46. The fourth-order valence-corrected chi connectivity index (χ4v) is 3.34. The Balaban J connectivity index is 0.00000364. The van der Waals surface area contributed by atoms with E-state index >= 15 is 0 Å². The van der Waals surface area contributed by atoms with E-state index in [1.54, 1.807) is 0 Å². The van der Waals surface area contributed by atoms with Crippen molar-refractivity contribution in [3.05, 3.63) is 42.0 Å². The average Bonchev–Trinajstić information content (AvgIpc) is 3.15. The molecule has 1 aromatic rings. The molecule has 1 aliphatic heterocycles. The van der Waals surface area contributed by atoms with Gasteiger partial charge in [-0.1, -0.05) is 24.3 Å². The van der Waals surface area contributed by atoms with Gasteiger partial charge in [0.25, 0.3) is 0 Å². The summed E-state index contributed by atoms with van der Waals surface area (Å²) in [5, 5.41) is 6.82. The Kier molecular flexibility index (Phi) is 10.8. The van der Waals surface area contributed by atoms with Crippen molar-refractivity contribution in [1.82, 2.24) is 15.5 Å². The highest BCUT2D eigenvalue weighted by atomic mass is 127. The number of halogens is 1. The van der Waals surface area contributed by atoms with Gasteiger partial charge in [0.15, 0.2) is 5.96 Å². The quantitative estimate of drug-likeness (QED) is 0.256. The zero-order valence-corrected chi connectivity index (χ0v) is 19.7. The minimum atomic E-state index is 0. The van der Waals surface area contributed by atoms with Crippen LogP contribution < -0.4 is 15.5 Å². The first-order valence-electron chi connectivity index (χ1n) is 9.70. The second kappa shape index (κ2) is 12.2. The summed E-state index contributed by atoms with van der Waals surface area (Å²) in [5.74, 6) is 0.852. The molecule has 2 N–H and O–H groups in total. The third-order valence-corrected chi connectivity index (χ3v) is 4.79. The molecule has 0 radical (unpaired) electrons. The summed E-state index contributed by atoms with van der Waals surface area (Å²) in [6.45, 7) is 13.7. The molecule has 0 fully saturated rings. The molecular weight excluding hydrogens is 449 g/mol. The second-order valence-electron chi connectivity index (χ2n) is 7.32. The maximum atomic E-state index is 4.33. The smallest absolute Gasteiger partial charge is 0.191 e. The molecular formula is C21H36IN5. The van der Waals surface area contributed by atoms with Gasteiger partial charge in [0, 0.05) is 57.5 Å². The molecule has 5 nitrogen and oxygen atoms in total. The Morgan fingerprint density at radius 1 is 1.04 bits per heavy atom. The summed E-state index contributed by atoms with van der Waals surface area (Å²) in [6.07, 6.45) is 4.43. The van der Waals surface area contributed by atoms with E-state index < -0.39 is 0 Å². The largest absolute Gasteiger partial charge is 0.364 e. The van der Waals surface area contributed by atoms with E-state index in [1.165, 1.54) is 11.3 Å². The van der Waals surface area contributed by atoms with Crippen molar-refractivity contribution >= 4 is 35.6 Å². The molecule has 0 aromatic heterocycles.